The largest absolute Gasteiger partial charge is 0.347 e. The maximum Gasteiger partial charge on any atom is 0.224 e. The van der Waals surface area contributed by atoms with Crippen LogP contribution in [0.2, 0.25) is 5.02 Å². The van der Waals surface area contributed by atoms with Crippen molar-refractivity contribution in [2.75, 3.05) is 13.1 Å². The van der Waals surface area contributed by atoms with Gasteiger partial charge < -0.3 is 9.47 Å². The number of carbonyl (C=O) groups is 1. The van der Waals surface area contributed by atoms with Crippen molar-refractivity contribution in [2.24, 2.45) is 0 Å². The second-order valence-corrected chi connectivity index (χ2v) is 10.4. The Balaban J connectivity index is 1.27. The van der Waals surface area contributed by atoms with E-state index in [4.69, 9.17) is 11.6 Å². The lowest BCUT2D eigenvalue weighted by molar-refractivity contribution is -0.132. The molecule has 1 aliphatic heterocycles. The Kier molecular flexibility index (Phi) is 6.65. The Morgan fingerprint density at radius 3 is 2.55 bits per heavy atom. The molecule has 0 radical (unpaired) electrons. The number of nitrogens with zero attached hydrogens (tertiary/aromatic N) is 2. The molecule has 0 saturated carbocycles. The fourth-order valence-corrected chi connectivity index (χ4v) is 5.67. The zero-order valence-electron chi connectivity index (χ0n) is 17.2. The van der Waals surface area contributed by atoms with Crippen LogP contribution in [-0.4, -0.2) is 42.1 Å². The number of carbonyl (C=O) groups excluding carboxylic acids is 1. The quantitative estimate of drug-likeness (QED) is 0.584. The third-order valence-corrected chi connectivity index (χ3v) is 7.98. The van der Waals surface area contributed by atoms with Crippen molar-refractivity contribution in [1.82, 2.24) is 14.2 Å². The molecule has 1 fully saturated rings. The van der Waals surface area contributed by atoms with Crippen molar-refractivity contribution in [1.29, 1.82) is 0 Å². The van der Waals surface area contributed by atoms with Crippen molar-refractivity contribution in [3.63, 3.8) is 0 Å². The van der Waals surface area contributed by atoms with Crippen molar-refractivity contribution in [3.8, 4) is 0 Å². The molecule has 0 unspecified atom stereocenters. The van der Waals surface area contributed by atoms with Gasteiger partial charge in [-0.3, -0.25) is 4.79 Å². The first kappa shape index (κ1) is 21.9. The van der Waals surface area contributed by atoms with Crippen LogP contribution >= 0.6 is 11.6 Å². The van der Waals surface area contributed by atoms with E-state index in [1.807, 2.05) is 65.4 Å². The summed E-state index contributed by atoms with van der Waals surface area (Å²) >= 11 is 6.03. The number of sulfonamides is 1. The molecule has 1 N–H and O–H groups in total. The van der Waals surface area contributed by atoms with Gasteiger partial charge in [0.05, 0.1) is 5.25 Å². The highest BCUT2D eigenvalue weighted by atomic mass is 35.5. The van der Waals surface area contributed by atoms with Crippen LogP contribution in [0.5, 0.6) is 0 Å². The van der Waals surface area contributed by atoms with Crippen LogP contribution < -0.4 is 4.72 Å². The number of halogens is 1. The van der Waals surface area contributed by atoms with Crippen LogP contribution in [0.15, 0.2) is 60.8 Å². The van der Waals surface area contributed by atoms with Crippen LogP contribution in [0.1, 0.15) is 24.8 Å². The smallest absolute Gasteiger partial charge is 0.224 e. The number of hydrogen-bond donors (Lipinski definition) is 1. The van der Waals surface area contributed by atoms with E-state index in [2.05, 4.69) is 4.72 Å². The van der Waals surface area contributed by atoms with Crippen molar-refractivity contribution in [3.05, 3.63) is 71.4 Å². The predicted molar refractivity (Wildman–Crippen MR) is 123 cm³/mol. The highest BCUT2D eigenvalue weighted by Crippen LogP contribution is 2.22. The third kappa shape index (κ3) is 5.29. The van der Waals surface area contributed by atoms with E-state index in [-0.39, 0.29) is 5.91 Å². The molecule has 0 atom stereocenters. The molecule has 1 saturated heterocycles. The van der Waals surface area contributed by atoms with Gasteiger partial charge in [-0.25, -0.2) is 13.1 Å². The average molecular weight is 460 g/mol. The van der Waals surface area contributed by atoms with Crippen LogP contribution in [0.4, 0.5) is 0 Å². The number of rotatable bonds is 7. The zero-order valence-corrected chi connectivity index (χ0v) is 18.8. The highest BCUT2D eigenvalue weighted by molar-refractivity contribution is 7.90. The minimum atomic E-state index is -3.41. The monoisotopic (exact) mass is 459 g/mol. The number of amides is 1. The number of nitrogens with one attached hydrogen (secondary N) is 1. The van der Waals surface area contributed by atoms with E-state index in [1.54, 1.807) is 4.90 Å². The van der Waals surface area contributed by atoms with E-state index in [1.165, 1.54) is 0 Å². The fraction of sp³-hybridized carbons (Fsp3) is 0.348. The lowest BCUT2D eigenvalue weighted by Gasteiger charge is -2.32. The van der Waals surface area contributed by atoms with Crippen LogP contribution in [-0.2, 0) is 27.9 Å². The molecule has 2 aromatic carbocycles. The van der Waals surface area contributed by atoms with Crippen LogP contribution in [0, 0.1) is 0 Å². The molecule has 1 aliphatic rings. The molecule has 31 heavy (non-hydrogen) atoms. The van der Waals surface area contributed by atoms with E-state index < -0.39 is 15.3 Å². The summed E-state index contributed by atoms with van der Waals surface area (Å²) in [5.41, 5.74) is 1.98. The molecule has 0 bridgehead atoms. The second kappa shape index (κ2) is 9.42. The first-order valence-corrected chi connectivity index (χ1v) is 12.4. The van der Waals surface area contributed by atoms with Gasteiger partial charge in [0.2, 0.25) is 15.9 Å². The van der Waals surface area contributed by atoms with Gasteiger partial charge in [-0.05, 0) is 42.7 Å². The predicted octanol–water partition coefficient (Wildman–Crippen LogP) is 3.80. The van der Waals surface area contributed by atoms with Gasteiger partial charge in [-0.15, -0.1) is 0 Å². The lowest BCUT2D eigenvalue weighted by Crippen LogP contribution is -2.45. The molecule has 0 aliphatic carbocycles. The van der Waals surface area contributed by atoms with Crippen molar-refractivity contribution in [2.45, 2.75) is 37.6 Å². The standard InChI is InChI=1S/C23H26ClN3O3S/c24-20-6-7-22-19(16-20)8-12-26(22)15-11-23(28)27-13-9-21(10-14-27)31(29,30)25-17-18-4-2-1-3-5-18/h1-8,12,16,21,25H,9-11,13-15,17H2. The first-order chi connectivity index (χ1) is 14.9. The Bertz CT molecular complexity index is 1150. The number of aromatic nitrogens is 1. The molecule has 8 heteroatoms. The molecule has 2 heterocycles. The Hall–Kier alpha value is -2.35. The summed E-state index contributed by atoms with van der Waals surface area (Å²) in [6, 6.07) is 17.2. The van der Waals surface area contributed by atoms with Gasteiger partial charge in [-0.2, -0.15) is 0 Å². The summed E-state index contributed by atoms with van der Waals surface area (Å²) in [4.78, 5) is 14.5. The molecular formula is C23H26ClN3O3S. The molecular weight excluding hydrogens is 434 g/mol. The zero-order chi connectivity index (χ0) is 21.8. The Morgan fingerprint density at radius 2 is 1.81 bits per heavy atom. The number of benzene rings is 2. The van der Waals surface area contributed by atoms with Gasteiger partial charge in [-0.1, -0.05) is 41.9 Å². The summed E-state index contributed by atoms with van der Waals surface area (Å²) < 4.78 is 30.0. The molecule has 1 aromatic heterocycles. The summed E-state index contributed by atoms with van der Waals surface area (Å²) in [7, 11) is -3.41. The van der Waals surface area contributed by atoms with Crippen molar-refractivity contribution >= 4 is 38.4 Å². The maximum absolute atomic E-state index is 12.7. The topological polar surface area (TPSA) is 71.4 Å². The molecule has 4 rings (SSSR count). The Morgan fingerprint density at radius 1 is 1.06 bits per heavy atom. The van der Waals surface area contributed by atoms with Crippen LogP contribution in [0.25, 0.3) is 10.9 Å². The molecule has 1 amide bonds. The number of likely N-dealkylation sites (tertiary alicyclic amines) is 1. The van der Waals surface area contributed by atoms with Gasteiger partial charge in [0.15, 0.2) is 0 Å². The number of hydrogen-bond acceptors (Lipinski definition) is 3. The normalized spacial score (nSPS) is 15.5. The number of aryl methyl sites for hydroxylation is 1. The fourth-order valence-electron chi connectivity index (χ4n) is 4.05. The van der Waals surface area contributed by atoms with E-state index in [0.717, 1.165) is 16.5 Å². The van der Waals surface area contributed by atoms with Gasteiger partial charge >= 0.3 is 0 Å². The van der Waals surface area contributed by atoms with Crippen molar-refractivity contribution < 1.29 is 13.2 Å². The average Bonchev–Trinajstić information content (AvgIpc) is 3.19. The van der Waals surface area contributed by atoms with Gasteiger partial charge in [0.1, 0.15) is 0 Å². The molecule has 0 spiro atoms. The number of piperidine rings is 1. The highest BCUT2D eigenvalue weighted by Gasteiger charge is 2.31. The van der Waals surface area contributed by atoms with E-state index in [0.29, 0.717) is 50.5 Å². The first-order valence-electron chi connectivity index (χ1n) is 10.5. The molecule has 6 nitrogen and oxygen atoms in total. The maximum atomic E-state index is 12.7. The second-order valence-electron chi connectivity index (χ2n) is 7.89. The van der Waals surface area contributed by atoms with Crippen LogP contribution in [0.3, 0.4) is 0 Å². The summed E-state index contributed by atoms with van der Waals surface area (Å²) in [5.74, 6) is 0.0592. The van der Waals surface area contributed by atoms with Gasteiger partial charge in [0.25, 0.3) is 0 Å². The summed E-state index contributed by atoms with van der Waals surface area (Å²) in [6.07, 6.45) is 3.27. The number of fused-ring (bicyclic) bond motifs is 1. The van der Waals surface area contributed by atoms with E-state index >= 15 is 0 Å². The summed E-state index contributed by atoms with van der Waals surface area (Å²) in [5, 5.41) is 1.28. The minimum Gasteiger partial charge on any atom is -0.347 e. The summed E-state index contributed by atoms with van der Waals surface area (Å²) in [6.45, 7) is 1.81. The molecule has 164 valence electrons. The minimum absolute atomic E-state index is 0.0592. The Labute approximate surface area is 187 Å². The lowest BCUT2D eigenvalue weighted by atomic mass is 10.1. The third-order valence-electron chi connectivity index (χ3n) is 5.85. The molecule has 3 aromatic rings. The van der Waals surface area contributed by atoms with Gasteiger partial charge in [0, 0.05) is 54.7 Å². The SMILES string of the molecule is O=C(CCn1ccc2cc(Cl)ccc21)N1CCC(S(=O)(=O)NCc2ccccc2)CC1. The van der Waals surface area contributed by atoms with E-state index in [9.17, 15) is 13.2 Å².